The molecule has 6 heteroatoms. The van der Waals surface area contributed by atoms with Crippen molar-refractivity contribution in [2.75, 3.05) is 6.79 Å². The highest BCUT2D eigenvalue weighted by atomic mass is 35.5. The molecular weight excluding hydrogens is 296 g/mol. The zero-order chi connectivity index (χ0) is 13.7. The molecule has 0 saturated heterocycles. The van der Waals surface area contributed by atoms with Crippen LogP contribution < -0.4 is 9.47 Å². The highest BCUT2D eigenvalue weighted by molar-refractivity contribution is 7.19. The van der Waals surface area contributed by atoms with Crippen molar-refractivity contribution in [1.29, 1.82) is 0 Å². The van der Waals surface area contributed by atoms with Crippen LogP contribution in [0, 0.1) is 6.92 Å². The number of hydrogen-bond donors (Lipinski definition) is 0. The van der Waals surface area contributed by atoms with Crippen LogP contribution in [0.2, 0.25) is 5.15 Å². The number of benzene rings is 1. The second-order valence-electron chi connectivity index (χ2n) is 4.45. The minimum absolute atomic E-state index is 0.270. The summed E-state index contributed by atoms with van der Waals surface area (Å²) >= 11 is 7.86. The average Bonchev–Trinajstić information content (AvgIpc) is 3.01. The fourth-order valence-electron chi connectivity index (χ4n) is 2.41. The smallest absolute Gasteiger partial charge is 0.231 e. The highest BCUT2D eigenvalue weighted by Crippen LogP contribution is 2.43. The molecule has 0 aliphatic carbocycles. The molecule has 4 nitrogen and oxygen atoms in total. The lowest BCUT2D eigenvalue weighted by Crippen LogP contribution is -1.92. The largest absolute Gasteiger partial charge is 0.454 e. The molecule has 20 heavy (non-hydrogen) atoms. The van der Waals surface area contributed by atoms with Crippen LogP contribution in [0.25, 0.3) is 21.3 Å². The van der Waals surface area contributed by atoms with Crippen molar-refractivity contribution in [2.45, 2.75) is 6.92 Å². The van der Waals surface area contributed by atoms with Gasteiger partial charge in [0.2, 0.25) is 6.79 Å². The van der Waals surface area contributed by atoms with Crippen molar-refractivity contribution in [3.8, 4) is 22.6 Å². The Bertz CT molecular complexity index is 831. The van der Waals surface area contributed by atoms with E-state index in [4.69, 9.17) is 21.1 Å². The topological polar surface area (TPSA) is 44.2 Å². The van der Waals surface area contributed by atoms with Crippen molar-refractivity contribution in [2.24, 2.45) is 0 Å². The van der Waals surface area contributed by atoms with Gasteiger partial charge in [0.25, 0.3) is 0 Å². The standard InChI is InChI=1S/C14H9ClN2O2S/c1-7-11(12-13(15)16-5-17-14(12)20-7)8-2-3-9-10(4-8)19-6-18-9/h2-5H,6H2,1H3. The Morgan fingerprint density at radius 1 is 1.20 bits per heavy atom. The van der Waals surface area contributed by atoms with Gasteiger partial charge < -0.3 is 9.47 Å². The quantitative estimate of drug-likeness (QED) is 0.636. The van der Waals surface area contributed by atoms with Gasteiger partial charge in [-0.2, -0.15) is 0 Å². The number of thiophene rings is 1. The molecule has 0 saturated carbocycles. The molecule has 1 aliphatic rings. The summed E-state index contributed by atoms with van der Waals surface area (Å²) in [7, 11) is 0. The van der Waals surface area contributed by atoms with E-state index < -0.39 is 0 Å². The Hall–Kier alpha value is -1.85. The minimum Gasteiger partial charge on any atom is -0.454 e. The van der Waals surface area contributed by atoms with Crippen molar-refractivity contribution < 1.29 is 9.47 Å². The maximum Gasteiger partial charge on any atom is 0.231 e. The third-order valence-electron chi connectivity index (χ3n) is 3.28. The monoisotopic (exact) mass is 304 g/mol. The van der Waals surface area contributed by atoms with Crippen molar-refractivity contribution in [1.82, 2.24) is 9.97 Å². The van der Waals surface area contributed by atoms with Crippen LogP contribution in [-0.2, 0) is 0 Å². The normalized spacial score (nSPS) is 13.1. The number of rotatable bonds is 1. The predicted molar refractivity (Wildman–Crippen MR) is 78.7 cm³/mol. The van der Waals surface area contributed by atoms with E-state index in [0.29, 0.717) is 5.15 Å². The SMILES string of the molecule is Cc1sc2ncnc(Cl)c2c1-c1ccc2c(c1)OCO2. The van der Waals surface area contributed by atoms with E-state index in [2.05, 4.69) is 16.9 Å². The summed E-state index contributed by atoms with van der Waals surface area (Å²) < 4.78 is 10.8. The number of halogens is 1. The molecule has 0 atom stereocenters. The molecule has 2 aromatic heterocycles. The first kappa shape index (κ1) is 11.9. The number of aromatic nitrogens is 2. The van der Waals surface area contributed by atoms with Gasteiger partial charge in [0.15, 0.2) is 11.5 Å². The summed E-state index contributed by atoms with van der Waals surface area (Å²) in [5, 5.41) is 1.38. The molecule has 1 aliphatic heterocycles. The van der Waals surface area contributed by atoms with Gasteiger partial charge in [-0.1, -0.05) is 17.7 Å². The summed E-state index contributed by atoms with van der Waals surface area (Å²) in [6, 6.07) is 5.89. The number of hydrogen-bond acceptors (Lipinski definition) is 5. The van der Waals surface area contributed by atoms with Gasteiger partial charge in [0.05, 0.1) is 5.39 Å². The lowest BCUT2D eigenvalue weighted by molar-refractivity contribution is 0.174. The lowest BCUT2D eigenvalue weighted by Gasteiger charge is -2.04. The first-order valence-electron chi connectivity index (χ1n) is 6.03. The fraction of sp³-hybridized carbons (Fsp3) is 0.143. The molecule has 0 N–H and O–H groups in total. The van der Waals surface area contributed by atoms with Crippen LogP contribution in [0.4, 0.5) is 0 Å². The van der Waals surface area contributed by atoms with E-state index in [-0.39, 0.29) is 6.79 Å². The molecule has 1 aromatic carbocycles. The van der Waals surface area contributed by atoms with Gasteiger partial charge in [0, 0.05) is 10.4 Å². The molecule has 0 unspecified atom stereocenters. The minimum atomic E-state index is 0.270. The van der Waals surface area contributed by atoms with Crippen LogP contribution in [0.3, 0.4) is 0 Å². The Morgan fingerprint density at radius 2 is 2.05 bits per heavy atom. The molecule has 3 aromatic rings. The Morgan fingerprint density at radius 3 is 2.95 bits per heavy atom. The van der Waals surface area contributed by atoms with Crippen LogP contribution in [-0.4, -0.2) is 16.8 Å². The number of aryl methyl sites for hydroxylation is 1. The third-order valence-corrected chi connectivity index (χ3v) is 4.58. The Balaban J connectivity index is 2.00. The van der Waals surface area contributed by atoms with E-state index in [9.17, 15) is 0 Å². The zero-order valence-electron chi connectivity index (χ0n) is 10.5. The molecule has 100 valence electrons. The Labute approximate surface area is 124 Å². The molecule has 0 fully saturated rings. The summed E-state index contributed by atoms with van der Waals surface area (Å²) in [4.78, 5) is 10.4. The lowest BCUT2D eigenvalue weighted by atomic mass is 10.0. The summed E-state index contributed by atoms with van der Waals surface area (Å²) in [6.45, 7) is 2.33. The van der Waals surface area contributed by atoms with E-state index in [1.807, 2.05) is 18.2 Å². The van der Waals surface area contributed by atoms with Crippen molar-refractivity contribution in [3.05, 3.63) is 34.6 Å². The van der Waals surface area contributed by atoms with Gasteiger partial charge in [-0.3, -0.25) is 0 Å². The van der Waals surface area contributed by atoms with E-state index in [1.165, 1.54) is 6.33 Å². The van der Waals surface area contributed by atoms with Gasteiger partial charge in [-0.05, 0) is 24.6 Å². The summed E-state index contributed by atoms with van der Waals surface area (Å²) in [5.74, 6) is 1.53. The summed E-state index contributed by atoms with van der Waals surface area (Å²) in [6.07, 6.45) is 1.49. The third kappa shape index (κ3) is 1.67. The average molecular weight is 305 g/mol. The number of ether oxygens (including phenoxy) is 2. The Kier molecular flexibility index (Phi) is 2.58. The maximum absolute atomic E-state index is 6.24. The molecule has 3 heterocycles. The highest BCUT2D eigenvalue weighted by Gasteiger charge is 2.19. The molecule has 0 spiro atoms. The first-order chi connectivity index (χ1) is 9.74. The summed E-state index contributed by atoms with van der Waals surface area (Å²) in [5.41, 5.74) is 2.10. The molecule has 0 bridgehead atoms. The van der Waals surface area contributed by atoms with Gasteiger partial charge in [0.1, 0.15) is 16.3 Å². The van der Waals surface area contributed by atoms with Crippen molar-refractivity contribution >= 4 is 33.2 Å². The number of nitrogens with zero attached hydrogens (tertiary/aromatic N) is 2. The van der Waals surface area contributed by atoms with Crippen LogP contribution >= 0.6 is 22.9 Å². The van der Waals surface area contributed by atoms with Crippen molar-refractivity contribution in [3.63, 3.8) is 0 Å². The zero-order valence-corrected chi connectivity index (χ0v) is 12.1. The molecule has 4 rings (SSSR count). The first-order valence-corrected chi connectivity index (χ1v) is 7.23. The van der Waals surface area contributed by atoms with E-state index in [0.717, 1.165) is 37.7 Å². The second-order valence-corrected chi connectivity index (χ2v) is 6.01. The number of fused-ring (bicyclic) bond motifs is 2. The van der Waals surface area contributed by atoms with Gasteiger partial charge in [-0.25, -0.2) is 9.97 Å². The van der Waals surface area contributed by atoms with E-state index >= 15 is 0 Å². The molecule has 0 amide bonds. The maximum atomic E-state index is 6.24. The second kappa shape index (κ2) is 4.33. The van der Waals surface area contributed by atoms with Crippen LogP contribution in [0.5, 0.6) is 11.5 Å². The van der Waals surface area contributed by atoms with E-state index in [1.54, 1.807) is 11.3 Å². The fourth-order valence-corrected chi connectivity index (χ4v) is 3.70. The van der Waals surface area contributed by atoms with Gasteiger partial charge in [-0.15, -0.1) is 11.3 Å². The predicted octanol–water partition coefficient (Wildman–Crippen LogP) is 4.05. The molecule has 0 radical (unpaired) electrons. The molecular formula is C14H9ClN2O2S. The van der Waals surface area contributed by atoms with Crippen LogP contribution in [0.15, 0.2) is 24.5 Å². The van der Waals surface area contributed by atoms with Crippen LogP contribution in [0.1, 0.15) is 4.88 Å². The van der Waals surface area contributed by atoms with Gasteiger partial charge >= 0.3 is 0 Å².